The van der Waals surface area contributed by atoms with Crippen LogP contribution in [0, 0.1) is 0 Å². The van der Waals surface area contributed by atoms with Crippen LogP contribution in [-0.4, -0.2) is 22.9 Å². The zero-order chi connectivity index (χ0) is 11.5. The van der Waals surface area contributed by atoms with Crippen LogP contribution < -0.4 is 5.73 Å². The molecule has 17 heavy (non-hydrogen) atoms. The number of rotatable bonds is 5. The number of carbonyl (C=O) groups is 1. The van der Waals surface area contributed by atoms with Gasteiger partial charge >= 0.3 is 0 Å². The van der Waals surface area contributed by atoms with E-state index in [9.17, 15) is 4.79 Å². The Labute approximate surface area is 112 Å². The number of nitrogens with two attached hydrogens (primary N) is 1. The summed E-state index contributed by atoms with van der Waals surface area (Å²) in [7, 11) is 0. The molecule has 0 saturated heterocycles. The normalized spacial score (nSPS) is 16.1. The monoisotopic (exact) mass is 274 g/mol. The predicted molar refractivity (Wildman–Crippen MR) is 73.4 cm³/mol. The molecule has 1 fully saturated rings. The van der Waals surface area contributed by atoms with Crippen LogP contribution in [0.1, 0.15) is 31.1 Å². The lowest BCUT2D eigenvalue weighted by atomic mass is 10.2. The first-order chi connectivity index (χ1) is 7.72. The molecule has 96 valence electrons. The van der Waals surface area contributed by atoms with Gasteiger partial charge < -0.3 is 10.6 Å². The maximum absolute atomic E-state index is 12.1. The first-order valence-corrected chi connectivity index (χ1v) is 6.68. The molecule has 1 atom stereocenters. The van der Waals surface area contributed by atoms with Crippen molar-refractivity contribution in [2.45, 2.75) is 44.8 Å². The van der Waals surface area contributed by atoms with E-state index < -0.39 is 0 Å². The number of hydrogen-bond donors (Lipinski definition) is 1. The van der Waals surface area contributed by atoms with E-state index in [0.29, 0.717) is 12.5 Å². The third-order valence-electron chi connectivity index (χ3n) is 2.93. The van der Waals surface area contributed by atoms with Gasteiger partial charge in [-0.25, -0.2) is 0 Å². The van der Waals surface area contributed by atoms with Crippen molar-refractivity contribution in [2.24, 2.45) is 5.73 Å². The van der Waals surface area contributed by atoms with Gasteiger partial charge in [0.25, 0.3) is 0 Å². The van der Waals surface area contributed by atoms with Gasteiger partial charge in [0.15, 0.2) is 0 Å². The number of nitrogens with zero attached hydrogens (tertiary/aromatic N) is 1. The van der Waals surface area contributed by atoms with Crippen LogP contribution in [0.3, 0.4) is 0 Å². The molecule has 0 spiro atoms. The SMILES string of the molecule is CC[C@H](N)C(=O)N(Cc1cccs1)C1CC1.Cl. The van der Waals surface area contributed by atoms with Gasteiger partial charge in [-0.1, -0.05) is 13.0 Å². The highest BCUT2D eigenvalue weighted by atomic mass is 35.5. The summed E-state index contributed by atoms with van der Waals surface area (Å²) in [5.74, 6) is 0.110. The van der Waals surface area contributed by atoms with E-state index in [1.165, 1.54) is 4.88 Å². The second kappa shape index (κ2) is 6.38. The maximum atomic E-state index is 12.1. The minimum atomic E-state index is -0.333. The largest absolute Gasteiger partial charge is 0.333 e. The van der Waals surface area contributed by atoms with Gasteiger partial charge in [-0.3, -0.25) is 4.79 Å². The molecule has 1 aromatic rings. The predicted octanol–water partition coefficient (Wildman–Crippen LogP) is 2.40. The van der Waals surface area contributed by atoms with Crippen molar-refractivity contribution in [3.8, 4) is 0 Å². The van der Waals surface area contributed by atoms with E-state index in [1.54, 1.807) is 11.3 Å². The lowest BCUT2D eigenvalue weighted by Gasteiger charge is -2.24. The summed E-state index contributed by atoms with van der Waals surface area (Å²) in [5.41, 5.74) is 5.82. The van der Waals surface area contributed by atoms with E-state index in [4.69, 9.17) is 5.73 Å². The fraction of sp³-hybridized carbons (Fsp3) is 0.583. The van der Waals surface area contributed by atoms with Crippen LogP contribution in [0.4, 0.5) is 0 Å². The summed E-state index contributed by atoms with van der Waals surface area (Å²) < 4.78 is 0. The number of hydrogen-bond acceptors (Lipinski definition) is 3. The Morgan fingerprint density at radius 1 is 1.65 bits per heavy atom. The molecule has 2 N–H and O–H groups in total. The molecule has 1 aliphatic carbocycles. The summed E-state index contributed by atoms with van der Waals surface area (Å²) in [6.07, 6.45) is 2.98. The lowest BCUT2D eigenvalue weighted by Crippen LogP contribution is -2.44. The molecule has 2 rings (SSSR count). The van der Waals surface area contributed by atoms with Crippen molar-refractivity contribution >= 4 is 29.7 Å². The molecule has 0 unspecified atom stereocenters. The van der Waals surface area contributed by atoms with Crippen molar-refractivity contribution in [1.29, 1.82) is 0 Å². The number of amides is 1. The molecule has 0 aromatic carbocycles. The van der Waals surface area contributed by atoms with Crippen molar-refractivity contribution in [3.05, 3.63) is 22.4 Å². The van der Waals surface area contributed by atoms with E-state index in [1.807, 2.05) is 23.3 Å². The van der Waals surface area contributed by atoms with E-state index in [0.717, 1.165) is 19.4 Å². The topological polar surface area (TPSA) is 46.3 Å². The van der Waals surface area contributed by atoms with E-state index in [-0.39, 0.29) is 24.4 Å². The number of halogens is 1. The Morgan fingerprint density at radius 3 is 2.82 bits per heavy atom. The Hall–Kier alpha value is -0.580. The van der Waals surface area contributed by atoms with Gasteiger partial charge in [0, 0.05) is 10.9 Å². The van der Waals surface area contributed by atoms with Crippen LogP contribution in [0.25, 0.3) is 0 Å². The van der Waals surface area contributed by atoms with E-state index in [2.05, 4.69) is 6.07 Å². The van der Waals surface area contributed by atoms with Gasteiger partial charge in [-0.2, -0.15) is 0 Å². The van der Waals surface area contributed by atoms with Gasteiger partial charge in [-0.05, 0) is 30.7 Å². The molecule has 1 amide bonds. The summed E-state index contributed by atoms with van der Waals surface area (Å²) in [6, 6.07) is 4.20. The minimum Gasteiger partial charge on any atom is -0.333 e. The first kappa shape index (κ1) is 14.5. The second-order valence-corrected chi connectivity index (χ2v) is 5.32. The van der Waals surface area contributed by atoms with Gasteiger partial charge in [-0.15, -0.1) is 23.7 Å². The van der Waals surface area contributed by atoms with Crippen LogP contribution in [-0.2, 0) is 11.3 Å². The number of carbonyl (C=O) groups excluding carboxylic acids is 1. The average Bonchev–Trinajstić information content (AvgIpc) is 3.01. The first-order valence-electron chi connectivity index (χ1n) is 5.80. The molecule has 1 heterocycles. The fourth-order valence-electron chi connectivity index (χ4n) is 1.73. The molecule has 0 radical (unpaired) electrons. The van der Waals surface area contributed by atoms with E-state index >= 15 is 0 Å². The third kappa shape index (κ3) is 3.69. The highest BCUT2D eigenvalue weighted by Gasteiger charge is 2.34. The molecule has 5 heteroatoms. The van der Waals surface area contributed by atoms with Gasteiger partial charge in [0.05, 0.1) is 12.6 Å². The van der Waals surface area contributed by atoms with Crippen LogP contribution in [0.2, 0.25) is 0 Å². The molecule has 1 saturated carbocycles. The Kier molecular flexibility index (Phi) is 5.43. The molecule has 0 bridgehead atoms. The molecular weight excluding hydrogens is 256 g/mol. The third-order valence-corrected chi connectivity index (χ3v) is 3.80. The number of thiophene rings is 1. The van der Waals surface area contributed by atoms with Gasteiger partial charge in [0.2, 0.25) is 5.91 Å². The summed E-state index contributed by atoms with van der Waals surface area (Å²) >= 11 is 1.70. The fourth-order valence-corrected chi connectivity index (χ4v) is 2.43. The summed E-state index contributed by atoms with van der Waals surface area (Å²) in [4.78, 5) is 15.3. The van der Waals surface area contributed by atoms with Crippen molar-refractivity contribution in [1.82, 2.24) is 4.90 Å². The zero-order valence-corrected chi connectivity index (χ0v) is 11.6. The highest BCUT2D eigenvalue weighted by molar-refractivity contribution is 7.09. The zero-order valence-electron chi connectivity index (χ0n) is 9.96. The molecule has 1 aromatic heterocycles. The minimum absolute atomic E-state index is 0. The standard InChI is InChI=1S/C12H18N2OS.ClH/c1-2-11(13)12(15)14(9-5-6-9)8-10-4-3-7-16-10;/h3-4,7,9,11H,2,5-6,8,13H2,1H3;1H/t11-;/m0./s1. The van der Waals surface area contributed by atoms with Crippen LogP contribution in [0.15, 0.2) is 17.5 Å². The summed E-state index contributed by atoms with van der Waals surface area (Å²) in [5, 5.41) is 2.05. The second-order valence-electron chi connectivity index (χ2n) is 4.29. The quantitative estimate of drug-likeness (QED) is 0.896. The Balaban J connectivity index is 0.00000144. The Morgan fingerprint density at radius 2 is 2.35 bits per heavy atom. The van der Waals surface area contributed by atoms with Crippen molar-refractivity contribution in [2.75, 3.05) is 0 Å². The van der Waals surface area contributed by atoms with Crippen molar-refractivity contribution in [3.63, 3.8) is 0 Å². The molecule has 0 aliphatic heterocycles. The van der Waals surface area contributed by atoms with Crippen molar-refractivity contribution < 1.29 is 4.79 Å². The molecular formula is C12H19ClN2OS. The molecule has 3 nitrogen and oxygen atoms in total. The summed E-state index contributed by atoms with van der Waals surface area (Å²) in [6.45, 7) is 2.69. The molecule has 1 aliphatic rings. The Bertz CT molecular complexity index is 351. The van der Waals surface area contributed by atoms with Gasteiger partial charge in [0.1, 0.15) is 0 Å². The van der Waals surface area contributed by atoms with Crippen LogP contribution in [0.5, 0.6) is 0 Å². The maximum Gasteiger partial charge on any atom is 0.240 e. The smallest absolute Gasteiger partial charge is 0.240 e. The van der Waals surface area contributed by atoms with Crippen LogP contribution >= 0.6 is 23.7 Å². The lowest BCUT2D eigenvalue weighted by molar-refractivity contribution is -0.133. The average molecular weight is 275 g/mol. The highest BCUT2D eigenvalue weighted by Crippen LogP contribution is 2.29.